The van der Waals surface area contributed by atoms with Gasteiger partial charge in [0.15, 0.2) is 0 Å². The molecule has 1 nitrogen and oxygen atoms in total. The molecule has 2 atom stereocenters. The van der Waals surface area contributed by atoms with E-state index in [0.717, 1.165) is 18.4 Å². The molecule has 0 spiro atoms. The van der Waals surface area contributed by atoms with Crippen LogP contribution in [0.15, 0.2) is 0 Å². The van der Waals surface area contributed by atoms with Crippen molar-refractivity contribution in [1.82, 2.24) is 5.32 Å². The van der Waals surface area contributed by atoms with Crippen molar-refractivity contribution in [2.75, 3.05) is 13.1 Å². The zero-order valence-corrected chi connectivity index (χ0v) is 11.3. The third kappa shape index (κ3) is 8.92. The van der Waals surface area contributed by atoms with Crippen molar-refractivity contribution in [2.45, 2.75) is 66.2 Å². The second-order valence-electron chi connectivity index (χ2n) is 4.90. The Kier molecular flexibility index (Phi) is 10.4. The van der Waals surface area contributed by atoms with Crippen LogP contribution in [-0.4, -0.2) is 13.1 Å². The zero-order valence-electron chi connectivity index (χ0n) is 11.3. The van der Waals surface area contributed by atoms with Crippen molar-refractivity contribution in [3.8, 4) is 0 Å². The van der Waals surface area contributed by atoms with Gasteiger partial charge >= 0.3 is 0 Å². The lowest BCUT2D eigenvalue weighted by molar-refractivity contribution is 0.337. The van der Waals surface area contributed by atoms with Gasteiger partial charge in [-0.2, -0.15) is 0 Å². The fraction of sp³-hybridized carbons (Fsp3) is 1.00. The molecule has 0 heterocycles. The molecule has 1 heteroatoms. The summed E-state index contributed by atoms with van der Waals surface area (Å²) in [6.07, 6.45) is 8.35. The molecule has 1 N–H and O–H groups in total. The standard InChI is InChI=1S/C14H31N/c1-5-8-9-14(6-2)12-13(4)10-11-15-7-3/h13-15H,5-12H2,1-4H3. The molecule has 0 aromatic rings. The third-order valence-corrected chi connectivity index (χ3v) is 3.34. The first kappa shape index (κ1) is 15.0. The van der Waals surface area contributed by atoms with E-state index >= 15 is 0 Å². The number of hydrogen-bond donors (Lipinski definition) is 1. The lowest BCUT2D eigenvalue weighted by atomic mass is 9.88. The molecule has 0 aliphatic carbocycles. The fourth-order valence-corrected chi connectivity index (χ4v) is 2.19. The van der Waals surface area contributed by atoms with Gasteiger partial charge in [-0.05, 0) is 37.8 Å². The highest BCUT2D eigenvalue weighted by Gasteiger charge is 2.10. The van der Waals surface area contributed by atoms with Crippen molar-refractivity contribution in [3.05, 3.63) is 0 Å². The molecule has 0 bridgehead atoms. The number of rotatable bonds is 10. The van der Waals surface area contributed by atoms with Gasteiger partial charge in [0.1, 0.15) is 0 Å². The second-order valence-corrected chi connectivity index (χ2v) is 4.90. The van der Waals surface area contributed by atoms with Crippen LogP contribution in [0.3, 0.4) is 0 Å². The molecule has 0 aromatic heterocycles. The van der Waals surface area contributed by atoms with Gasteiger partial charge in [0.2, 0.25) is 0 Å². The first-order valence-electron chi connectivity index (χ1n) is 6.95. The Labute approximate surface area is 97.0 Å². The van der Waals surface area contributed by atoms with Gasteiger partial charge in [-0.15, -0.1) is 0 Å². The summed E-state index contributed by atoms with van der Waals surface area (Å²) < 4.78 is 0. The average Bonchev–Trinajstić information content (AvgIpc) is 2.24. The summed E-state index contributed by atoms with van der Waals surface area (Å²) in [7, 11) is 0. The van der Waals surface area contributed by atoms with Crippen LogP contribution in [0.5, 0.6) is 0 Å². The van der Waals surface area contributed by atoms with Crippen LogP contribution in [0.2, 0.25) is 0 Å². The van der Waals surface area contributed by atoms with Crippen molar-refractivity contribution in [3.63, 3.8) is 0 Å². The first-order valence-corrected chi connectivity index (χ1v) is 6.95. The lowest BCUT2D eigenvalue weighted by Gasteiger charge is -2.19. The second kappa shape index (κ2) is 10.5. The largest absolute Gasteiger partial charge is 0.317 e. The predicted molar refractivity (Wildman–Crippen MR) is 70.2 cm³/mol. The summed E-state index contributed by atoms with van der Waals surface area (Å²) in [6.45, 7) is 11.5. The van der Waals surface area contributed by atoms with Gasteiger partial charge in [-0.1, -0.05) is 53.4 Å². The highest BCUT2D eigenvalue weighted by Crippen LogP contribution is 2.22. The van der Waals surface area contributed by atoms with E-state index in [2.05, 4.69) is 33.0 Å². The minimum atomic E-state index is 0.894. The van der Waals surface area contributed by atoms with Gasteiger partial charge in [0, 0.05) is 0 Å². The Hall–Kier alpha value is -0.0400. The topological polar surface area (TPSA) is 12.0 Å². The molecule has 92 valence electrons. The molecule has 0 fully saturated rings. The molecular formula is C14H31N. The van der Waals surface area contributed by atoms with E-state index in [-0.39, 0.29) is 0 Å². The Morgan fingerprint density at radius 1 is 1.07 bits per heavy atom. The summed E-state index contributed by atoms with van der Waals surface area (Å²) in [5.74, 6) is 1.87. The first-order chi connectivity index (χ1) is 7.24. The maximum Gasteiger partial charge on any atom is -0.00465 e. The average molecular weight is 213 g/mol. The molecule has 0 radical (unpaired) electrons. The smallest absolute Gasteiger partial charge is 0.00465 e. The van der Waals surface area contributed by atoms with Crippen molar-refractivity contribution in [2.24, 2.45) is 11.8 Å². The molecule has 0 saturated heterocycles. The van der Waals surface area contributed by atoms with E-state index in [0.29, 0.717) is 0 Å². The Morgan fingerprint density at radius 2 is 1.80 bits per heavy atom. The summed E-state index contributed by atoms with van der Waals surface area (Å²) in [5, 5.41) is 3.41. The maximum absolute atomic E-state index is 3.41. The van der Waals surface area contributed by atoms with Gasteiger partial charge < -0.3 is 5.32 Å². The minimum Gasteiger partial charge on any atom is -0.317 e. The predicted octanol–water partition coefficient (Wildman–Crippen LogP) is 4.23. The van der Waals surface area contributed by atoms with E-state index in [1.165, 1.54) is 45.1 Å². The van der Waals surface area contributed by atoms with Crippen LogP contribution >= 0.6 is 0 Å². The number of nitrogens with one attached hydrogen (secondary N) is 1. The Bertz CT molecular complexity index is 123. The molecule has 0 aromatic carbocycles. The van der Waals surface area contributed by atoms with Crippen LogP contribution in [0.1, 0.15) is 66.2 Å². The van der Waals surface area contributed by atoms with Crippen LogP contribution < -0.4 is 5.32 Å². The van der Waals surface area contributed by atoms with Gasteiger partial charge in [-0.3, -0.25) is 0 Å². The summed E-state index contributed by atoms with van der Waals surface area (Å²) in [6, 6.07) is 0. The van der Waals surface area contributed by atoms with Crippen molar-refractivity contribution < 1.29 is 0 Å². The number of unbranched alkanes of at least 4 members (excludes halogenated alkanes) is 1. The van der Waals surface area contributed by atoms with Gasteiger partial charge in [-0.25, -0.2) is 0 Å². The Morgan fingerprint density at radius 3 is 2.33 bits per heavy atom. The summed E-state index contributed by atoms with van der Waals surface area (Å²) >= 11 is 0. The quantitative estimate of drug-likeness (QED) is 0.536. The Balaban J connectivity index is 3.55. The minimum absolute atomic E-state index is 0.894. The number of hydrogen-bond acceptors (Lipinski definition) is 1. The van der Waals surface area contributed by atoms with E-state index in [9.17, 15) is 0 Å². The molecular weight excluding hydrogens is 182 g/mol. The molecule has 0 rings (SSSR count). The van der Waals surface area contributed by atoms with E-state index in [1.54, 1.807) is 0 Å². The molecule has 0 amide bonds. The van der Waals surface area contributed by atoms with Crippen molar-refractivity contribution in [1.29, 1.82) is 0 Å². The van der Waals surface area contributed by atoms with E-state index in [4.69, 9.17) is 0 Å². The molecule has 2 unspecified atom stereocenters. The fourth-order valence-electron chi connectivity index (χ4n) is 2.19. The highest BCUT2D eigenvalue weighted by molar-refractivity contribution is 4.63. The SMILES string of the molecule is CCCCC(CC)CC(C)CCNCC. The van der Waals surface area contributed by atoms with Crippen LogP contribution in [0.4, 0.5) is 0 Å². The van der Waals surface area contributed by atoms with Gasteiger partial charge in [0.05, 0.1) is 0 Å². The van der Waals surface area contributed by atoms with E-state index < -0.39 is 0 Å². The van der Waals surface area contributed by atoms with Crippen LogP contribution in [0, 0.1) is 11.8 Å². The molecule has 0 saturated carbocycles. The third-order valence-electron chi connectivity index (χ3n) is 3.34. The molecule has 15 heavy (non-hydrogen) atoms. The van der Waals surface area contributed by atoms with Crippen molar-refractivity contribution >= 4 is 0 Å². The lowest BCUT2D eigenvalue weighted by Crippen LogP contribution is -2.17. The highest BCUT2D eigenvalue weighted by atomic mass is 14.8. The van der Waals surface area contributed by atoms with E-state index in [1.807, 2.05) is 0 Å². The summed E-state index contributed by atoms with van der Waals surface area (Å²) in [5.41, 5.74) is 0. The molecule has 0 aliphatic rings. The normalized spacial score (nSPS) is 15.2. The molecule has 0 aliphatic heterocycles. The van der Waals surface area contributed by atoms with Gasteiger partial charge in [0.25, 0.3) is 0 Å². The van der Waals surface area contributed by atoms with Crippen LogP contribution in [-0.2, 0) is 0 Å². The maximum atomic E-state index is 3.41. The zero-order chi connectivity index (χ0) is 11.5. The monoisotopic (exact) mass is 213 g/mol. The van der Waals surface area contributed by atoms with Crippen LogP contribution in [0.25, 0.3) is 0 Å². The summed E-state index contributed by atoms with van der Waals surface area (Å²) in [4.78, 5) is 0.